The monoisotopic (exact) mass is 476 g/mol. The molecule has 2 aliphatic heterocycles. The molecule has 9 heteroatoms. The third-order valence-corrected chi connectivity index (χ3v) is 7.27. The number of piperidine rings is 1. The van der Waals surface area contributed by atoms with E-state index in [9.17, 15) is 0 Å². The van der Waals surface area contributed by atoms with Crippen LogP contribution in [-0.2, 0) is 0 Å². The molecule has 35 heavy (non-hydrogen) atoms. The topological polar surface area (TPSA) is 111 Å². The van der Waals surface area contributed by atoms with Crippen LogP contribution in [0.2, 0.25) is 0 Å². The van der Waals surface area contributed by atoms with Gasteiger partial charge in [-0.2, -0.15) is 5.10 Å². The molecule has 4 heterocycles. The molecule has 0 saturated carbocycles. The normalized spacial score (nSPS) is 20.3. The summed E-state index contributed by atoms with van der Waals surface area (Å²) in [4.78, 5) is 13.9. The van der Waals surface area contributed by atoms with Crippen LogP contribution in [-0.4, -0.2) is 57.4 Å². The highest BCUT2D eigenvalue weighted by Crippen LogP contribution is 2.34. The van der Waals surface area contributed by atoms with Crippen LogP contribution in [0.4, 0.5) is 11.5 Å². The Hall–Kier alpha value is -3.17. The Labute approximate surface area is 207 Å². The summed E-state index contributed by atoms with van der Waals surface area (Å²) in [7, 11) is 2.15. The van der Waals surface area contributed by atoms with Crippen molar-refractivity contribution in [2.75, 3.05) is 37.3 Å². The largest absolute Gasteiger partial charge is 0.433 e. The standard InChI is InChI=1S/C26H36N8O/c1-17-5-4-8-33(17)22-12-19(18(2)27)11-20(13-22)24-15-29-25(28)26(31-24)35-23-14-30-34(16-23)21-6-9-32(3)10-7-21/h11-18,21H,4-10,27H2,1-3H3,(H2,28,29). The van der Waals surface area contributed by atoms with Crippen molar-refractivity contribution in [2.24, 2.45) is 5.73 Å². The van der Waals surface area contributed by atoms with Gasteiger partial charge < -0.3 is 26.0 Å². The maximum Gasteiger partial charge on any atom is 0.263 e. The maximum atomic E-state index is 6.28. The van der Waals surface area contributed by atoms with E-state index >= 15 is 0 Å². The van der Waals surface area contributed by atoms with Crippen LogP contribution in [0.25, 0.3) is 11.3 Å². The van der Waals surface area contributed by atoms with E-state index in [0.29, 0.717) is 23.5 Å². The molecule has 3 aromatic rings. The van der Waals surface area contributed by atoms with Gasteiger partial charge in [0, 0.05) is 29.9 Å². The second kappa shape index (κ2) is 9.83. The molecule has 0 radical (unpaired) electrons. The van der Waals surface area contributed by atoms with Crippen LogP contribution < -0.4 is 21.1 Å². The van der Waals surface area contributed by atoms with Crippen LogP contribution in [0.15, 0.2) is 36.8 Å². The van der Waals surface area contributed by atoms with Crippen LogP contribution in [0, 0.1) is 0 Å². The number of likely N-dealkylation sites (tertiary alicyclic amines) is 1. The van der Waals surface area contributed by atoms with Gasteiger partial charge in [0.25, 0.3) is 5.88 Å². The second-order valence-electron chi connectivity index (χ2n) is 10.0. The number of nitrogen functional groups attached to an aromatic ring is 1. The minimum absolute atomic E-state index is 0.0884. The number of hydrogen-bond acceptors (Lipinski definition) is 8. The average molecular weight is 477 g/mol. The van der Waals surface area contributed by atoms with Gasteiger partial charge in [-0.05, 0) is 83.4 Å². The van der Waals surface area contributed by atoms with Gasteiger partial charge in [0.2, 0.25) is 0 Å². The zero-order valence-electron chi connectivity index (χ0n) is 20.9. The molecule has 2 aliphatic rings. The van der Waals surface area contributed by atoms with E-state index in [1.165, 1.54) is 18.5 Å². The molecule has 0 amide bonds. The Morgan fingerprint density at radius 2 is 1.89 bits per heavy atom. The number of nitrogens with two attached hydrogens (primary N) is 2. The minimum Gasteiger partial charge on any atom is -0.433 e. The van der Waals surface area contributed by atoms with Crippen molar-refractivity contribution in [1.29, 1.82) is 0 Å². The summed E-state index contributed by atoms with van der Waals surface area (Å²) in [5, 5.41) is 4.53. The molecule has 2 unspecified atom stereocenters. The van der Waals surface area contributed by atoms with E-state index in [0.717, 1.165) is 43.6 Å². The van der Waals surface area contributed by atoms with Crippen molar-refractivity contribution in [3.05, 3.63) is 42.4 Å². The Balaban J connectivity index is 1.41. The lowest BCUT2D eigenvalue weighted by Gasteiger charge is -2.28. The van der Waals surface area contributed by atoms with Gasteiger partial charge in [-0.3, -0.25) is 4.68 Å². The molecule has 9 nitrogen and oxygen atoms in total. The van der Waals surface area contributed by atoms with E-state index in [1.807, 2.05) is 17.8 Å². The fourth-order valence-corrected chi connectivity index (χ4v) is 5.07. The van der Waals surface area contributed by atoms with E-state index in [4.69, 9.17) is 21.2 Å². The highest BCUT2D eigenvalue weighted by atomic mass is 16.5. The van der Waals surface area contributed by atoms with Crippen molar-refractivity contribution in [3.8, 4) is 22.9 Å². The van der Waals surface area contributed by atoms with Gasteiger partial charge >= 0.3 is 0 Å². The maximum absolute atomic E-state index is 6.28. The number of aromatic nitrogens is 4. The number of rotatable bonds is 6. The molecule has 2 saturated heterocycles. The molecule has 2 atom stereocenters. The molecule has 2 aromatic heterocycles. The predicted molar refractivity (Wildman–Crippen MR) is 139 cm³/mol. The highest BCUT2D eigenvalue weighted by molar-refractivity contribution is 5.69. The first-order valence-electron chi connectivity index (χ1n) is 12.6. The molecule has 5 rings (SSSR count). The first kappa shape index (κ1) is 23.6. The molecule has 4 N–H and O–H groups in total. The van der Waals surface area contributed by atoms with Crippen molar-refractivity contribution in [2.45, 2.75) is 57.7 Å². The smallest absolute Gasteiger partial charge is 0.263 e. The number of anilines is 2. The summed E-state index contributed by atoms with van der Waals surface area (Å²) in [5.41, 5.74) is 16.3. The van der Waals surface area contributed by atoms with Crippen LogP contribution >= 0.6 is 0 Å². The second-order valence-corrected chi connectivity index (χ2v) is 10.0. The van der Waals surface area contributed by atoms with Crippen LogP contribution in [0.1, 0.15) is 57.2 Å². The predicted octanol–water partition coefficient (Wildman–Crippen LogP) is 3.99. The summed E-state index contributed by atoms with van der Waals surface area (Å²) in [6, 6.07) is 7.23. The van der Waals surface area contributed by atoms with E-state index in [2.05, 4.69) is 52.1 Å². The minimum atomic E-state index is -0.0884. The van der Waals surface area contributed by atoms with Crippen molar-refractivity contribution in [3.63, 3.8) is 0 Å². The molecule has 0 spiro atoms. The van der Waals surface area contributed by atoms with Gasteiger partial charge in [0.05, 0.1) is 30.3 Å². The summed E-state index contributed by atoms with van der Waals surface area (Å²) in [6.07, 6.45) is 9.88. The highest BCUT2D eigenvalue weighted by Gasteiger charge is 2.23. The lowest BCUT2D eigenvalue weighted by atomic mass is 10.0. The third kappa shape index (κ3) is 5.11. The van der Waals surface area contributed by atoms with E-state index in [1.54, 1.807) is 12.4 Å². The zero-order chi connectivity index (χ0) is 24.5. The summed E-state index contributed by atoms with van der Waals surface area (Å²) in [6.45, 7) is 7.46. The van der Waals surface area contributed by atoms with Crippen LogP contribution in [0.5, 0.6) is 11.6 Å². The van der Waals surface area contributed by atoms with Gasteiger partial charge in [0.1, 0.15) is 0 Å². The van der Waals surface area contributed by atoms with Crippen molar-refractivity contribution in [1.82, 2.24) is 24.6 Å². The Morgan fingerprint density at radius 3 is 2.60 bits per heavy atom. The Bertz CT molecular complexity index is 1170. The molecule has 1 aromatic carbocycles. The lowest BCUT2D eigenvalue weighted by Crippen LogP contribution is -2.31. The Kier molecular flexibility index (Phi) is 6.62. The lowest BCUT2D eigenvalue weighted by molar-refractivity contribution is 0.212. The van der Waals surface area contributed by atoms with Gasteiger partial charge in [-0.25, -0.2) is 9.97 Å². The quantitative estimate of drug-likeness (QED) is 0.549. The third-order valence-electron chi connectivity index (χ3n) is 7.27. The fraction of sp³-hybridized carbons (Fsp3) is 0.500. The van der Waals surface area contributed by atoms with Crippen LogP contribution in [0.3, 0.4) is 0 Å². The summed E-state index contributed by atoms with van der Waals surface area (Å²) >= 11 is 0. The van der Waals surface area contributed by atoms with E-state index < -0.39 is 0 Å². The number of hydrogen-bond donors (Lipinski definition) is 2. The Morgan fingerprint density at radius 1 is 1.09 bits per heavy atom. The fourth-order valence-electron chi connectivity index (χ4n) is 5.07. The summed E-state index contributed by atoms with van der Waals surface area (Å²) < 4.78 is 8.05. The number of ether oxygens (including phenoxy) is 1. The average Bonchev–Trinajstić information content (AvgIpc) is 3.49. The zero-order valence-corrected chi connectivity index (χ0v) is 20.9. The first-order chi connectivity index (χ1) is 16.9. The van der Waals surface area contributed by atoms with Crippen molar-refractivity contribution >= 4 is 11.5 Å². The molecule has 0 bridgehead atoms. The molecule has 186 valence electrons. The van der Waals surface area contributed by atoms with Gasteiger partial charge in [-0.1, -0.05) is 0 Å². The number of benzene rings is 1. The van der Waals surface area contributed by atoms with E-state index in [-0.39, 0.29) is 17.7 Å². The molecule has 0 aliphatic carbocycles. The molecule has 2 fully saturated rings. The van der Waals surface area contributed by atoms with Gasteiger partial charge in [-0.15, -0.1) is 0 Å². The SMILES string of the molecule is CC(N)c1cc(-c2cnc(N)c(Oc3cnn(C4CCN(C)CC4)c3)n2)cc(N2CCCC2C)c1. The summed E-state index contributed by atoms with van der Waals surface area (Å²) in [5.74, 6) is 1.14. The molecular weight excluding hydrogens is 440 g/mol. The number of nitrogens with zero attached hydrogens (tertiary/aromatic N) is 6. The van der Waals surface area contributed by atoms with Gasteiger partial charge in [0.15, 0.2) is 11.6 Å². The van der Waals surface area contributed by atoms with Crippen molar-refractivity contribution < 1.29 is 4.74 Å². The molecular formula is C26H36N8O. The first-order valence-corrected chi connectivity index (χ1v) is 12.6.